The minimum Gasteiger partial charge on any atom is -0.472 e. The van der Waals surface area contributed by atoms with Crippen LogP contribution in [-0.4, -0.2) is 29.3 Å². The van der Waals surface area contributed by atoms with Gasteiger partial charge in [-0.2, -0.15) is 4.98 Å². The molecule has 0 spiro atoms. The summed E-state index contributed by atoms with van der Waals surface area (Å²) in [7, 11) is 1.26. The summed E-state index contributed by atoms with van der Waals surface area (Å²) in [5.41, 5.74) is 1.10. The molecule has 156 valence electrons. The Hall–Kier alpha value is -3.20. The van der Waals surface area contributed by atoms with Crippen LogP contribution in [0.1, 0.15) is 21.5 Å². The molecule has 0 unspecified atom stereocenters. The van der Waals surface area contributed by atoms with Gasteiger partial charge in [0.1, 0.15) is 23.8 Å². The molecule has 6 nitrogen and oxygen atoms in total. The first-order valence-corrected chi connectivity index (χ1v) is 10.0. The highest BCUT2D eigenvalue weighted by molar-refractivity contribution is 7.98. The number of carbonyl (C=O) groups is 1. The third-order valence-corrected chi connectivity index (χ3v) is 4.95. The minimum absolute atomic E-state index is 0.0306. The molecule has 3 rings (SSSR count). The van der Waals surface area contributed by atoms with Gasteiger partial charge in [-0.1, -0.05) is 17.8 Å². The zero-order valence-corrected chi connectivity index (χ0v) is 17.2. The summed E-state index contributed by atoms with van der Waals surface area (Å²) >= 11 is 1.20. The summed E-state index contributed by atoms with van der Waals surface area (Å²) in [5, 5.41) is 0.306. The molecule has 0 fully saturated rings. The molecule has 0 aliphatic rings. The Bertz CT molecular complexity index is 1160. The van der Waals surface area contributed by atoms with E-state index in [0.717, 1.165) is 12.1 Å². The first-order valence-electron chi connectivity index (χ1n) is 8.78. The molecule has 0 atom stereocenters. The number of carbonyl (C=O) groups excluding carboxylic acids is 1. The van der Waals surface area contributed by atoms with Crippen LogP contribution in [-0.2, 0) is 11.3 Å². The second-order valence-corrected chi connectivity index (χ2v) is 7.10. The van der Waals surface area contributed by atoms with Crippen LogP contribution in [0.25, 0.3) is 11.1 Å². The lowest BCUT2D eigenvalue weighted by molar-refractivity contribution is 0.0600. The van der Waals surface area contributed by atoms with Crippen molar-refractivity contribution >= 4 is 17.7 Å². The molecule has 30 heavy (non-hydrogen) atoms. The van der Waals surface area contributed by atoms with Crippen LogP contribution in [0.15, 0.2) is 46.3 Å². The van der Waals surface area contributed by atoms with Crippen molar-refractivity contribution < 1.29 is 23.0 Å². The van der Waals surface area contributed by atoms with Crippen LogP contribution < -0.4 is 10.3 Å². The Morgan fingerprint density at radius 1 is 1.20 bits per heavy atom. The number of nitrogens with one attached hydrogen (secondary N) is 1. The van der Waals surface area contributed by atoms with Crippen molar-refractivity contribution in [3.05, 3.63) is 75.1 Å². The lowest BCUT2D eigenvalue weighted by Gasteiger charge is -2.14. The maximum Gasteiger partial charge on any atom is 0.337 e. The van der Waals surface area contributed by atoms with Crippen LogP contribution in [0.2, 0.25) is 0 Å². The topological polar surface area (TPSA) is 81.3 Å². The summed E-state index contributed by atoms with van der Waals surface area (Å²) in [4.78, 5) is 31.7. The third-order valence-electron chi connectivity index (χ3n) is 4.37. The molecule has 0 radical (unpaired) electrons. The molecule has 1 heterocycles. The number of hydrogen-bond acceptors (Lipinski definition) is 6. The van der Waals surface area contributed by atoms with E-state index in [0.29, 0.717) is 16.3 Å². The van der Waals surface area contributed by atoms with Gasteiger partial charge in [0.2, 0.25) is 5.88 Å². The van der Waals surface area contributed by atoms with Gasteiger partial charge in [0, 0.05) is 11.6 Å². The van der Waals surface area contributed by atoms with E-state index in [4.69, 9.17) is 9.47 Å². The smallest absolute Gasteiger partial charge is 0.337 e. The van der Waals surface area contributed by atoms with Crippen molar-refractivity contribution in [3.63, 3.8) is 0 Å². The van der Waals surface area contributed by atoms with Gasteiger partial charge in [0.15, 0.2) is 5.16 Å². The number of esters is 1. The zero-order valence-electron chi connectivity index (χ0n) is 16.4. The second kappa shape index (κ2) is 9.08. The van der Waals surface area contributed by atoms with Crippen molar-refractivity contribution in [3.8, 4) is 17.0 Å². The predicted octanol–water partition coefficient (Wildman–Crippen LogP) is 4.11. The Kier molecular flexibility index (Phi) is 6.51. The van der Waals surface area contributed by atoms with Crippen molar-refractivity contribution in [1.82, 2.24) is 9.97 Å². The Morgan fingerprint density at radius 3 is 2.63 bits per heavy atom. The standard InChI is InChI=1S/C21H18F2N2O4S/c1-11-4-5-12(20(27)28-2)8-15(11)17-18(26)24-21(30-3)25-19(17)29-10-13-6-7-14(22)9-16(13)23/h4-9H,10H2,1-3H3,(H,24,25,26). The number of hydrogen-bond donors (Lipinski definition) is 1. The molecule has 0 saturated carbocycles. The van der Waals surface area contributed by atoms with Gasteiger partial charge in [-0.15, -0.1) is 0 Å². The SMILES string of the molecule is COC(=O)c1ccc(C)c(-c2c(OCc3ccc(F)cc3F)nc(SC)[nH]c2=O)c1. The fourth-order valence-corrected chi connectivity index (χ4v) is 3.16. The number of benzene rings is 2. The van der Waals surface area contributed by atoms with Gasteiger partial charge in [0.25, 0.3) is 5.56 Å². The van der Waals surface area contributed by atoms with Gasteiger partial charge < -0.3 is 14.5 Å². The van der Waals surface area contributed by atoms with E-state index in [1.165, 1.54) is 31.0 Å². The summed E-state index contributed by atoms with van der Waals surface area (Å²) in [5.74, 6) is -2.06. The van der Waals surface area contributed by atoms with Crippen molar-refractivity contribution in [2.24, 2.45) is 0 Å². The zero-order chi connectivity index (χ0) is 21.8. The van der Waals surface area contributed by atoms with Gasteiger partial charge in [-0.3, -0.25) is 4.79 Å². The number of thioether (sulfide) groups is 1. The minimum atomic E-state index is -0.768. The predicted molar refractivity (Wildman–Crippen MR) is 109 cm³/mol. The van der Waals surface area contributed by atoms with Crippen molar-refractivity contribution in [2.45, 2.75) is 18.7 Å². The maximum absolute atomic E-state index is 14.0. The molecule has 0 amide bonds. The fraction of sp³-hybridized carbons (Fsp3) is 0.190. The van der Waals surface area contributed by atoms with Gasteiger partial charge >= 0.3 is 5.97 Å². The molecular formula is C21H18F2N2O4S. The summed E-state index contributed by atoms with van der Waals surface area (Å²) in [6.45, 7) is 1.50. The highest BCUT2D eigenvalue weighted by Crippen LogP contribution is 2.30. The Labute approximate surface area is 175 Å². The number of aromatic amines is 1. The van der Waals surface area contributed by atoms with Crippen LogP contribution in [0.3, 0.4) is 0 Å². The third kappa shape index (κ3) is 4.51. The highest BCUT2D eigenvalue weighted by Gasteiger charge is 2.19. The average Bonchev–Trinajstić information content (AvgIpc) is 2.73. The molecular weight excluding hydrogens is 414 g/mol. The molecule has 2 aromatic carbocycles. The van der Waals surface area contributed by atoms with E-state index >= 15 is 0 Å². The second-order valence-electron chi connectivity index (χ2n) is 6.30. The van der Waals surface area contributed by atoms with Crippen LogP contribution >= 0.6 is 11.8 Å². The van der Waals surface area contributed by atoms with Crippen molar-refractivity contribution in [1.29, 1.82) is 0 Å². The number of ether oxygens (including phenoxy) is 2. The number of halogens is 2. The quantitative estimate of drug-likeness (QED) is 0.359. The average molecular weight is 432 g/mol. The first-order chi connectivity index (χ1) is 14.3. The van der Waals surface area contributed by atoms with Crippen LogP contribution in [0.4, 0.5) is 8.78 Å². The largest absolute Gasteiger partial charge is 0.472 e. The number of aromatic nitrogens is 2. The first kappa shape index (κ1) is 21.5. The van der Waals surface area contributed by atoms with E-state index in [2.05, 4.69) is 9.97 Å². The molecule has 0 aliphatic heterocycles. The van der Waals surface area contributed by atoms with Gasteiger partial charge in [-0.05, 0) is 48.6 Å². The number of rotatable bonds is 6. The number of methoxy groups -OCH3 is 1. The monoisotopic (exact) mass is 432 g/mol. The molecule has 9 heteroatoms. The Balaban J connectivity index is 2.09. The molecule has 3 aromatic rings. The van der Waals surface area contributed by atoms with Gasteiger partial charge in [0.05, 0.1) is 12.7 Å². The van der Waals surface area contributed by atoms with E-state index in [1.54, 1.807) is 25.3 Å². The number of nitrogens with zero attached hydrogens (tertiary/aromatic N) is 1. The maximum atomic E-state index is 14.0. The van der Waals surface area contributed by atoms with Crippen molar-refractivity contribution in [2.75, 3.05) is 13.4 Å². The summed E-state index contributed by atoms with van der Waals surface area (Å²) < 4.78 is 37.6. The summed E-state index contributed by atoms with van der Waals surface area (Å²) in [6, 6.07) is 7.89. The summed E-state index contributed by atoms with van der Waals surface area (Å²) in [6.07, 6.45) is 1.73. The normalized spacial score (nSPS) is 10.7. The Morgan fingerprint density at radius 2 is 1.97 bits per heavy atom. The number of H-pyrrole nitrogens is 1. The van der Waals surface area contributed by atoms with Gasteiger partial charge in [-0.25, -0.2) is 13.6 Å². The van der Waals surface area contributed by atoms with Crippen LogP contribution in [0, 0.1) is 18.6 Å². The van der Waals surface area contributed by atoms with E-state index in [-0.39, 0.29) is 29.2 Å². The molecule has 1 N–H and O–H groups in total. The lowest BCUT2D eigenvalue weighted by Crippen LogP contribution is -2.16. The molecule has 0 aliphatic carbocycles. The lowest BCUT2D eigenvalue weighted by atomic mass is 9.99. The van der Waals surface area contributed by atoms with Crippen LogP contribution in [0.5, 0.6) is 5.88 Å². The molecule has 0 saturated heterocycles. The highest BCUT2D eigenvalue weighted by atomic mass is 32.2. The molecule has 0 bridgehead atoms. The van der Waals surface area contributed by atoms with E-state index in [1.807, 2.05) is 0 Å². The fourth-order valence-electron chi connectivity index (χ4n) is 2.79. The van der Waals surface area contributed by atoms with E-state index in [9.17, 15) is 18.4 Å². The molecule has 1 aromatic heterocycles. The number of aryl methyl sites for hydroxylation is 1. The van der Waals surface area contributed by atoms with E-state index < -0.39 is 23.2 Å².